The summed E-state index contributed by atoms with van der Waals surface area (Å²) < 4.78 is 15.7. The molecule has 3 rings (SSSR count). The molecule has 0 fully saturated rings. The first-order valence-electron chi connectivity index (χ1n) is 9.28. The standard InChI is InChI=1S/C20H21N3O7/c1-3-21-15-6-5-14(9-16(15)23(26)27)20(25)30-12(2)19(24)22-10-13-4-7-17-18(8-13)29-11-28-17/h4-9,12,21H,3,10-11H2,1-2H3,(H,22,24)/t12-/m0/s1. The highest BCUT2D eigenvalue weighted by molar-refractivity contribution is 5.93. The molecule has 0 bridgehead atoms. The topological polar surface area (TPSA) is 129 Å². The van der Waals surface area contributed by atoms with Crippen molar-refractivity contribution in [3.8, 4) is 11.5 Å². The number of carbonyl (C=O) groups excluding carboxylic acids is 2. The average molecular weight is 415 g/mol. The monoisotopic (exact) mass is 415 g/mol. The van der Waals surface area contributed by atoms with Crippen molar-refractivity contribution in [3.05, 3.63) is 57.6 Å². The number of esters is 1. The summed E-state index contributed by atoms with van der Waals surface area (Å²) in [7, 11) is 0. The summed E-state index contributed by atoms with van der Waals surface area (Å²) in [5.74, 6) is -0.0860. The van der Waals surface area contributed by atoms with Crippen molar-refractivity contribution in [3.63, 3.8) is 0 Å². The van der Waals surface area contributed by atoms with Gasteiger partial charge in [-0.05, 0) is 43.7 Å². The van der Waals surface area contributed by atoms with Gasteiger partial charge in [0.15, 0.2) is 17.6 Å². The number of anilines is 1. The number of nitrogens with one attached hydrogen (secondary N) is 2. The molecule has 1 aliphatic heterocycles. The van der Waals surface area contributed by atoms with Gasteiger partial charge in [-0.2, -0.15) is 0 Å². The molecule has 158 valence electrons. The van der Waals surface area contributed by atoms with E-state index in [2.05, 4.69) is 10.6 Å². The third-order valence-electron chi connectivity index (χ3n) is 4.35. The molecule has 0 spiro atoms. The van der Waals surface area contributed by atoms with Crippen molar-refractivity contribution in [1.29, 1.82) is 0 Å². The maximum atomic E-state index is 12.3. The number of benzene rings is 2. The van der Waals surface area contributed by atoms with E-state index in [1.165, 1.54) is 19.1 Å². The van der Waals surface area contributed by atoms with Crippen molar-refractivity contribution < 1.29 is 28.7 Å². The lowest BCUT2D eigenvalue weighted by molar-refractivity contribution is -0.384. The lowest BCUT2D eigenvalue weighted by atomic mass is 10.1. The Morgan fingerprint density at radius 2 is 1.97 bits per heavy atom. The Bertz CT molecular complexity index is 977. The Kier molecular flexibility index (Phi) is 6.35. The average Bonchev–Trinajstić information content (AvgIpc) is 3.20. The van der Waals surface area contributed by atoms with E-state index in [4.69, 9.17) is 14.2 Å². The van der Waals surface area contributed by atoms with Crippen LogP contribution in [-0.2, 0) is 16.1 Å². The highest BCUT2D eigenvalue weighted by atomic mass is 16.7. The summed E-state index contributed by atoms with van der Waals surface area (Å²) in [6.45, 7) is 4.08. The third-order valence-corrected chi connectivity index (χ3v) is 4.35. The highest BCUT2D eigenvalue weighted by Gasteiger charge is 2.22. The molecule has 2 N–H and O–H groups in total. The first-order valence-corrected chi connectivity index (χ1v) is 9.28. The second-order valence-electron chi connectivity index (χ2n) is 6.47. The number of hydrogen-bond donors (Lipinski definition) is 2. The third kappa shape index (κ3) is 4.77. The van der Waals surface area contributed by atoms with Crippen molar-refractivity contribution >= 4 is 23.3 Å². The number of fused-ring (bicyclic) bond motifs is 1. The van der Waals surface area contributed by atoms with Crippen LogP contribution in [0.3, 0.4) is 0 Å². The van der Waals surface area contributed by atoms with Crippen molar-refractivity contribution in [2.75, 3.05) is 18.7 Å². The molecule has 10 nitrogen and oxygen atoms in total. The number of rotatable bonds is 8. The largest absolute Gasteiger partial charge is 0.454 e. The first-order chi connectivity index (χ1) is 14.4. The predicted molar refractivity (Wildman–Crippen MR) is 107 cm³/mol. The second-order valence-corrected chi connectivity index (χ2v) is 6.47. The van der Waals surface area contributed by atoms with Gasteiger partial charge in [-0.3, -0.25) is 14.9 Å². The van der Waals surface area contributed by atoms with Crippen LogP contribution in [0.2, 0.25) is 0 Å². The van der Waals surface area contributed by atoms with E-state index in [9.17, 15) is 19.7 Å². The van der Waals surface area contributed by atoms with E-state index in [-0.39, 0.29) is 24.6 Å². The molecule has 0 unspecified atom stereocenters. The molecule has 2 aromatic carbocycles. The predicted octanol–water partition coefficient (Wildman–Crippen LogP) is 2.62. The molecule has 1 atom stereocenters. The zero-order valence-corrected chi connectivity index (χ0v) is 16.5. The van der Waals surface area contributed by atoms with E-state index in [1.54, 1.807) is 25.1 Å². The van der Waals surface area contributed by atoms with Gasteiger partial charge in [0.1, 0.15) is 5.69 Å². The molecule has 0 radical (unpaired) electrons. The minimum absolute atomic E-state index is 0.0150. The van der Waals surface area contributed by atoms with Crippen molar-refractivity contribution in [1.82, 2.24) is 5.32 Å². The van der Waals surface area contributed by atoms with E-state index < -0.39 is 22.9 Å². The van der Waals surface area contributed by atoms with E-state index >= 15 is 0 Å². The Labute approximate surface area is 172 Å². The van der Waals surface area contributed by atoms with Gasteiger partial charge >= 0.3 is 5.97 Å². The summed E-state index contributed by atoms with van der Waals surface area (Å²) >= 11 is 0. The zero-order chi connectivity index (χ0) is 21.7. The van der Waals surface area contributed by atoms with Gasteiger partial charge in [0.05, 0.1) is 10.5 Å². The molecule has 2 aromatic rings. The van der Waals surface area contributed by atoms with Crippen LogP contribution >= 0.6 is 0 Å². The normalized spacial score (nSPS) is 12.7. The molecular weight excluding hydrogens is 394 g/mol. The van der Waals surface area contributed by atoms with Crippen LogP contribution in [0.4, 0.5) is 11.4 Å². The van der Waals surface area contributed by atoms with Gasteiger partial charge in [0.2, 0.25) is 6.79 Å². The fourth-order valence-corrected chi connectivity index (χ4v) is 2.82. The zero-order valence-electron chi connectivity index (χ0n) is 16.5. The molecule has 1 heterocycles. The Morgan fingerprint density at radius 3 is 2.70 bits per heavy atom. The number of carbonyl (C=O) groups is 2. The number of nitro groups is 1. The van der Waals surface area contributed by atoms with Crippen LogP contribution in [0, 0.1) is 10.1 Å². The van der Waals surface area contributed by atoms with Crippen LogP contribution in [0.15, 0.2) is 36.4 Å². The number of amides is 1. The molecule has 0 saturated carbocycles. The van der Waals surface area contributed by atoms with Gasteiger partial charge < -0.3 is 24.8 Å². The highest BCUT2D eigenvalue weighted by Crippen LogP contribution is 2.32. The van der Waals surface area contributed by atoms with Crippen LogP contribution in [-0.4, -0.2) is 36.2 Å². The Morgan fingerprint density at radius 1 is 1.20 bits per heavy atom. The van der Waals surface area contributed by atoms with Gasteiger partial charge in [-0.1, -0.05) is 6.07 Å². The molecular formula is C20H21N3O7. The summed E-state index contributed by atoms with van der Waals surface area (Å²) in [6, 6.07) is 9.25. The number of hydrogen-bond acceptors (Lipinski definition) is 8. The fraction of sp³-hybridized carbons (Fsp3) is 0.300. The second kappa shape index (κ2) is 9.12. The molecule has 0 saturated heterocycles. The number of nitro benzene ring substituents is 1. The van der Waals surface area contributed by atoms with Crippen molar-refractivity contribution in [2.24, 2.45) is 0 Å². The summed E-state index contributed by atoms with van der Waals surface area (Å²) in [5.41, 5.74) is 0.833. The van der Waals surface area contributed by atoms with E-state index in [0.717, 1.165) is 11.6 Å². The van der Waals surface area contributed by atoms with Crippen LogP contribution in [0.25, 0.3) is 0 Å². The quantitative estimate of drug-likeness (QED) is 0.382. The molecule has 1 amide bonds. The molecule has 1 aliphatic rings. The summed E-state index contributed by atoms with van der Waals surface area (Å²) in [6.07, 6.45) is -1.08. The van der Waals surface area contributed by atoms with Crippen LogP contribution in [0.1, 0.15) is 29.8 Å². The van der Waals surface area contributed by atoms with Crippen LogP contribution in [0.5, 0.6) is 11.5 Å². The Hall–Kier alpha value is -3.82. The summed E-state index contributed by atoms with van der Waals surface area (Å²) in [4.78, 5) is 35.2. The van der Waals surface area contributed by atoms with Gasteiger partial charge in [0, 0.05) is 19.2 Å². The first kappa shape index (κ1) is 20.9. The number of nitrogens with zero attached hydrogens (tertiary/aromatic N) is 1. The lowest BCUT2D eigenvalue weighted by Crippen LogP contribution is -2.35. The van der Waals surface area contributed by atoms with Gasteiger partial charge in [-0.25, -0.2) is 4.79 Å². The SMILES string of the molecule is CCNc1ccc(C(=O)O[C@@H](C)C(=O)NCc2ccc3c(c2)OCO3)cc1[N+](=O)[O-]. The molecule has 10 heteroatoms. The number of ether oxygens (including phenoxy) is 3. The van der Waals surface area contributed by atoms with E-state index in [0.29, 0.717) is 23.7 Å². The van der Waals surface area contributed by atoms with Crippen molar-refractivity contribution in [2.45, 2.75) is 26.5 Å². The minimum atomic E-state index is -1.08. The minimum Gasteiger partial charge on any atom is -0.454 e. The smallest absolute Gasteiger partial charge is 0.339 e. The van der Waals surface area contributed by atoms with E-state index in [1.807, 2.05) is 0 Å². The van der Waals surface area contributed by atoms with Gasteiger partial charge in [-0.15, -0.1) is 0 Å². The molecule has 30 heavy (non-hydrogen) atoms. The molecule has 0 aliphatic carbocycles. The maximum absolute atomic E-state index is 12.3. The maximum Gasteiger partial charge on any atom is 0.339 e. The Balaban J connectivity index is 1.58. The van der Waals surface area contributed by atoms with Gasteiger partial charge in [0.25, 0.3) is 11.6 Å². The fourth-order valence-electron chi connectivity index (χ4n) is 2.82. The van der Waals surface area contributed by atoms with Crippen LogP contribution < -0.4 is 20.1 Å². The molecule has 0 aromatic heterocycles. The summed E-state index contributed by atoms with van der Waals surface area (Å²) in [5, 5.41) is 16.8. The lowest BCUT2D eigenvalue weighted by Gasteiger charge is -2.14.